The Labute approximate surface area is 88.2 Å². The predicted octanol–water partition coefficient (Wildman–Crippen LogP) is 2.71. The zero-order chi connectivity index (χ0) is 10.4. The van der Waals surface area contributed by atoms with E-state index >= 15 is 0 Å². The molecule has 0 aromatic rings. The van der Waals surface area contributed by atoms with Crippen molar-refractivity contribution in [1.29, 1.82) is 0 Å². The fourth-order valence-electron chi connectivity index (χ4n) is 2.00. The Morgan fingerprint density at radius 2 is 1.79 bits per heavy atom. The molecule has 2 N–H and O–H groups in total. The standard InChI is InChI=1S/C12H25NO/c1-10(2)9-14-12-8-6-4-3-5-7-11(12)13/h10-12H,3-9,13H2,1-2H3. The molecule has 1 fully saturated rings. The van der Waals surface area contributed by atoms with E-state index in [0.29, 0.717) is 12.0 Å². The van der Waals surface area contributed by atoms with Crippen LogP contribution in [-0.4, -0.2) is 18.8 Å². The zero-order valence-electron chi connectivity index (χ0n) is 9.67. The van der Waals surface area contributed by atoms with Crippen LogP contribution in [0.5, 0.6) is 0 Å². The van der Waals surface area contributed by atoms with Gasteiger partial charge in [-0.15, -0.1) is 0 Å². The van der Waals surface area contributed by atoms with Crippen molar-refractivity contribution in [2.45, 2.75) is 64.5 Å². The van der Waals surface area contributed by atoms with E-state index in [4.69, 9.17) is 10.5 Å². The van der Waals surface area contributed by atoms with Crippen molar-refractivity contribution in [3.8, 4) is 0 Å². The first-order valence-corrected chi connectivity index (χ1v) is 6.07. The van der Waals surface area contributed by atoms with Gasteiger partial charge < -0.3 is 10.5 Å². The van der Waals surface area contributed by atoms with E-state index < -0.39 is 0 Å². The van der Waals surface area contributed by atoms with Gasteiger partial charge in [0.2, 0.25) is 0 Å². The molecular formula is C12H25NO. The van der Waals surface area contributed by atoms with E-state index in [0.717, 1.165) is 19.4 Å². The van der Waals surface area contributed by atoms with Crippen LogP contribution >= 0.6 is 0 Å². The van der Waals surface area contributed by atoms with Crippen molar-refractivity contribution in [2.24, 2.45) is 11.7 Å². The minimum Gasteiger partial charge on any atom is -0.376 e. The summed E-state index contributed by atoms with van der Waals surface area (Å²) < 4.78 is 5.87. The lowest BCUT2D eigenvalue weighted by Crippen LogP contribution is -2.38. The number of hydrogen-bond acceptors (Lipinski definition) is 2. The Hall–Kier alpha value is -0.0800. The number of hydrogen-bond donors (Lipinski definition) is 1. The van der Waals surface area contributed by atoms with Crippen molar-refractivity contribution in [3.05, 3.63) is 0 Å². The molecule has 84 valence electrons. The van der Waals surface area contributed by atoms with Gasteiger partial charge in [-0.25, -0.2) is 0 Å². The predicted molar refractivity (Wildman–Crippen MR) is 60.3 cm³/mol. The summed E-state index contributed by atoms with van der Waals surface area (Å²) in [5.74, 6) is 0.618. The molecule has 0 aromatic carbocycles. The van der Waals surface area contributed by atoms with Crippen LogP contribution in [-0.2, 0) is 4.74 Å². The molecule has 1 rings (SSSR count). The van der Waals surface area contributed by atoms with Gasteiger partial charge in [-0.05, 0) is 18.8 Å². The van der Waals surface area contributed by atoms with Crippen LogP contribution in [0.4, 0.5) is 0 Å². The van der Waals surface area contributed by atoms with Crippen molar-refractivity contribution in [2.75, 3.05) is 6.61 Å². The second-order valence-corrected chi connectivity index (χ2v) is 4.92. The second kappa shape index (κ2) is 6.41. The first-order chi connectivity index (χ1) is 6.70. The quantitative estimate of drug-likeness (QED) is 0.758. The average molecular weight is 199 g/mol. The Morgan fingerprint density at radius 3 is 2.43 bits per heavy atom. The van der Waals surface area contributed by atoms with Gasteiger partial charge in [0.1, 0.15) is 0 Å². The molecule has 0 saturated heterocycles. The largest absolute Gasteiger partial charge is 0.376 e. The summed E-state index contributed by atoms with van der Waals surface area (Å²) in [6.45, 7) is 5.24. The Balaban J connectivity index is 2.29. The molecule has 0 heterocycles. The Bertz CT molecular complexity index is 147. The van der Waals surface area contributed by atoms with Gasteiger partial charge in [-0.1, -0.05) is 39.5 Å². The lowest BCUT2D eigenvalue weighted by atomic mass is 9.95. The molecule has 0 aliphatic heterocycles. The van der Waals surface area contributed by atoms with Gasteiger partial charge in [0.25, 0.3) is 0 Å². The van der Waals surface area contributed by atoms with E-state index in [1.54, 1.807) is 0 Å². The monoisotopic (exact) mass is 199 g/mol. The zero-order valence-corrected chi connectivity index (χ0v) is 9.67. The maximum atomic E-state index is 6.11. The van der Waals surface area contributed by atoms with E-state index in [1.807, 2.05) is 0 Å². The highest BCUT2D eigenvalue weighted by atomic mass is 16.5. The van der Waals surface area contributed by atoms with Crippen molar-refractivity contribution < 1.29 is 4.74 Å². The minimum atomic E-state index is 0.272. The van der Waals surface area contributed by atoms with Crippen LogP contribution in [0.25, 0.3) is 0 Å². The number of nitrogens with two attached hydrogens (primary N) is 1. The van der Waals surface area contributed by atoms with Crippen LogP contribution in [0.2, 0.25) is 0 Å². The second-order valence-electron chi connectivity index (χ2n) is 4.92. The minimum absolute atomic E-state index is 0.272. The summed E-state index contributed by atoms with van der Waals surface area (Å²) in [4.78, 5) is 0. The molecule has 2 heteroatoms. The third-order valence-corrected chi connectivity index (χ3v) is 2.90. The topological polar surface area (TPSA) is 35.2 Å². The summed E-state index contributed by atoms with van der Waals surface area (Å²) in [7, 11) is 0. The summed E-state index contributed by atoms with van der Waals surface area (Å²) in [5.41, 5.74) is 6.11. The van der Waals surface area contributed by atoms with Crippen molar-refractivity contribution >= 4 is 0 Å². The van der Waals surface area contributed by atoms with Gasteiger partial charge in [0.05, 0.1) is 6.10 Å². The molecule has 14 heavy (non-hydrogen) atoms. The Kier molecular flexibility index (Phi) is 5.49. The SMILES string of the molecule is CC(C)COC1CCCCCCC1N. The van der Waals surface area contributed by atoms with E-state index in [1.165, 1.54) is 25.7 Å². The van der Waals surface area contributed by atoms with Crippen LogP contribution in [0.1, 0.15) is 52.4 Å². The first-order valence-electron chi connectivity index (χ1n) is 6.07. The molecule has 1 aliphatic rings. The Morgan fingerprint density at radius 1 is 1.14 bits per heavy atom. The smallest absolute Gasteiger partial charge is 0.0726 e. The molecule has 1 aliphatic carbocycles. The fourth-order valence-corrected chi connectivity index (χ4v) is 2.00. The van der Waals surface area contributed by atoms with Crippen molar-refractivity contribution in [1.82, 2.24) is 0 Å². The first kappa shape index (κ1) is 12.0. The van der Waals surface area contributed by atoms with E-state index in [-0.39, 0.29) is 6.04 Å². The molecule has 1 saturated carbocycles. The maximum Gasteiger partial charge on any atom is 0.0726 e. The van der Waals surface area contributed by atoms with Gasteiger partial charge in [-0.3, -0.25) is 0 Å². The van der Waals surface area contributed by atoms with Crippen molar-refractivity contribution in [3.63, 3.8) is 0 Å². The molecule has 0 radical (unpaired) electrons. The molecule has 0 aromatic heterocycles. The summed E-state index contributed by atoms with van der Waals surface area (Å²) in [5, 5.41) is 0. The van der Waals surface area contributed by atoms with Crippen LogP contribution in [0.15, 0.2) is 0 Å². The van der Waals surface area contributed by atoms with Crippen LogP contribution in [0, 0.1) is 5.92 Å². The van der Waals surface area contributed by atoms with E-state index in [9.17, 15) is 0 Å². The summed E-state index contributed by atoms with van der Waals surface area (Å²) in [6, 6.07) is 0.272. The highest BCUT2D eigenvalue weighted by Gasteiger charge is 2.19. The van der Waals surface area contributed by atoms with Gasteiger partial charge in [-0.2, -0.15) is 0 Å². The van der Waals surface area contributed by atoms with Gasteiger partial charge in [0.15, 0.2) is 0 Å². The average Bonchev–Trinajstić information content (AvgIpc) is 2.10. The number of rotatable bonds is 3. The van der Waals surface area contributed by atoms with E-state index in [2.05, 4.69) is 13.8 Å². The molecule has 0 amide bonds. The normalized spacial score (nSPS) is 30.0. The molecule has 2 atom stereocenters. The molecule has 2 nitrogen and oxygen atoms in total. The third-order valence-electron chi connectivity index (χ3n) is 2.90. The summed E-state index contributed by atoms with van der Waals surface area (Å²) in [6.07, 6.45) is 7.90. The molecular weight excluding hydrogens is 174 g/mol. The molecule has 0 bridgehead atoms. The molecule has 0 spiro atoms. The van der Waals surface area contributed by atoms with Crippen LogP contribution in [0.3, 0.4) is 0 Å². The highest BCUT2D eigenvalue weighted by Crippen LogP contribution is 2.19. The molecule has 2 unspecified atom stereocenters. The summed E-state index contributed by atoms with van der Waals surface area (Å²) >= 11 is 0. The number of ether oxygens (including phenoxy) is 1. The highest BCUT2D eigenvalue weighted by molar-refractivity contribution is 4.76. The fraction of sp³-hybridized carbons (Fsp3) is 1.00. The van der Waals surface area contributed by atoms with Gasteiger partial charge >= 0.3 is 0 Å². The lowest BCUT2D eigenvalue weighted by Gasteiger charge is -2.27. The van der Waals surface area contributed by atoms with Crippen LogP contribution < -0.4 is 5.73 Å². The lowest BCUT2D eigenvalue weighted by molar-refractivity contribution is 0.00868. The maximum absolute atomic E-state index is 6.11. The third kappa shape index (κ3) is 4.43. The van der Waals surface area contributed by atoms with Gasteiger partial charge in [0, 0.05) is 12.6 Å².